The molecule has 0 radical (unpaired) electrons. The Hall–Kier alpha value is -2.37. The minimum atomic E-state index is -0.549. The largest absolute Gasteiger partial charge is 0.452 e. The van der Waals surface area contributed by atoms with Crippen LogP contribution in [0.15, 0.2) is 24.3 Å². The molecule has 1 heterocycles. The second kappa shape index (κ2) is 8.47. The molecule has 1 aromatic carbocycles. The molecule has 2 rings (SSSR count). The molecule has 1 aliphatic rings. The molecule has 2 amide bonds. The summed E-state index contributed by atoms with van der Waals surface area (Å²) in [6.45, 7) is 4.38. The predicted octanol–water partition coefficient (Wildman–Crippen LogP) is 2.28. The molecule has 6 nitrogen and oxygen atoms in total. The second-order valence-electron chi connectivity index (χ2n) is 6.03. The number of rotatable bonds is 7. The first-order valence-electron chi connectivity index (χ1n) is 8.38. The lowest BCUT2D eigenvalue weighted by Gasteiger charge is -2.16. The van der Waals surface area contributed by atoms with E-state index in [1.54, 1.807) is 29.2 Å². The number of amides is 2. The van der Waals surface area contributed by atoms with Gasteiger partial charge in [0.25, 0.3) is 5.91 Å². The third-order valence-corrected chi connectivity index (χ3v) is 3.95. The van der Waals surface area contributed by atoms with Crippen molar-refractivity contribution in [2.45, 2.75) is 45.6 Å². The third-order valence-electron chi connectivity index (χ3n) is 3.95. The zero-order valence-corrected chi connectivity index (χ0v) is 14.2. The van der Waals surface area contributed by atoms with Gasteiger partial charge in [0.2, 0.25) is 5.91 Å². The lowest BCUT2D eigenvalue weighted by molar-refractivity contribution is -0.124. The van der Waals surface area contributed by atoms with Gasteiger partial charge in [0.05, 0.1) is 5.56 Å². The highest BCUT2D eigenvalue weighted by Gasteiger charge is 2.21. The zero-order valence-electron chi connectivity index (χ0n) is 14.2. The van der Waals surface area contributed by atoms with Crippen molar-refractivity contribution in [1.82, 2.24) is 5.32 Å². The maximum absolute atomic E-state index is 12.0. The van der Waals surface area contributed by atoms with Crippen LogP contribution in [0.1, 0.15) is 49.9 Å². The summed E-state index contributed by atoms with van der Waals surface area (Å²) in [5.74, 6) is -0.751. The smallest absolute Gasteiger partial charge is 0.338 e. The number of nitrogens with one attached hydrogen (secondary N) is 1. The number of hydrogen-bond acceptors (Lipinski definition) is 4. The molecule has 130 valence electrons. The molecule has 0 unspecified atom stereocenters. The maximum atomic E-state index is 12.0. The fourth-order valence-electron chi connectivity index (χ4n) is 2.73. The standard InChI is InChI=1S/C18H24N2O4/c1-3-5-13(2)19-16(21)12-24-18(23)14-7-9-15(10-8-14)20-11-4-6-17(20)22/h7-10,13H,3-6,11-12H2,1-2H3,(H,19,21)/t13-/m1/s1. The fourth-order valence-corrected chi connectivity index (χ4v) is 2.73. The van der Waals surface area contributed by atoms with E-state index in [0.717, 1.165) is 24.9 Å². The quantitative estimate of drug-likeness (QED) is 0.777. The van der Waals surface area contributed by atoms with E-state index in [1.165, 1.54) is 0 Å². The molecule has 0 saturated carbocycles. The molecule has 0 spiro atoms. The van der Waals surface area contributed by atoms with Crippen LogP contribution >= 0.6 is 0 Å². The Morgan fingerprint density at radius 3 is 2.58 bits per heavy atom. The Labute approximate surface area is 142 Å². The Balaban J connectivity index is 1.84. The van der Waals surface area contributed by atoms with E-state index in [-0.39, 0.29) is 24.5 Å². The summed E-state index contributed by atoms with van der Waals surface area (Å²) in [5, 5.41) is 2.78. The number of anilines is 1. The van der Waals surface area contributed by atoms with Gasteiger partial charge in [-0.05, 0) is 44.0 Å². The Morgan fingerprint density at radius 2 is 2.00 bits per heavy atom. The number of nitrogens with zero attached hydrogens (tertiary/aromatic N) is 1. The Kier molecular flexibility index (Phi) is 6.35. The summed E-state index contributed by atoms with van der Waals surface area (Å²) in [6, 6.07) is 6.74. The van der Waals surface area contributed by atoms with Crippen molar-refractivity contribution in [2.24, 2.45) is 0 Å². The molecule has 1 atom stereocenters. The van der Waals surface area contributed by atoms with Crippen LogP contribution in [-0.4, -0.2) is 37.0 Å². The molecule has 0 aliphatic carbocycles. The highest BCUT2D eigenvalue weighted by atomic mass is 16.5. The van der Waals surface area contributed by atoms with Gasteiger partial charge in [0.1, 0.15) is 0 Å². The molecular formula is C18H24N2O4. The summed E-state index contributed by atoms with van der Waals surface area (Å²) in [5.41, 5.74) is 1.14. The second-order valence-corrected chi connectivity index (χ2v) is 6.03. The molecule has 6 heteroatoms. The number of benzene rings is 1. The molecule has 0 bridgehead atoms. The summed E-state index contributed by atoms with van der Waals surface area (Å²) in [6.07, 6.45) is 3.28. The van der Waals surface area contributed by atoms with Crippen molar-refractivity contribution >= 4 is 23.5 Å². The average Bonchev–Trinajstić information content (AvgIpc) is 2.99. The van der Waals surface area contributed by atoms with Crippen molar-refractivity contribution in [1.29, 1.82) is 0 Å². The summed E-state index contributed by atoms with van der Waals surface area (Å²) in [4.78, 5) is 37.1. The summed E-state index contributed by atoms with van der Waals surface area (Å²) >= 11 is 0. The van der Waals surface area contributed by atoms with Crippen molar-refractivity contribution in [2.75, 3.05) is 18.1 Å². The van der Waals surface area contributed by atoms with E-state index in [9.17, 15) is 14.4 Å². The monoisotopic (exact) mass is 332 g/mol. The zero-order chi connectivity index (χ0) is 17.5. The van der Waals surface area contributed by atoms with Gasteiger partial charge in [0.15, 0.2) is 6.61 Å². The maximum Gasteiger partial charge on any atom is 0.338 e. The SMILES string of the molecule is CCC[C@@H](C)NC(=O)COC(=O)c1ccc(N2CCCC2=O)cc1. The lowest BCUT2D eigenvalue weighted by atomic mass is 10.2. The van der Waals surface area contributed by atoms with Crippen LogP contribution in [0.4, 0.5) is 5.69 Å². The fraction of sp³-hybridized carbons (Fsp3) is 0.500. The first-order valence-corrected chi connectivity index (χ1v) is 8.38. The third kappa shape index (κ3) is 4.81. The first kappa shape index (κ1) is 18.0. The van der Waals surface area contributed by atoms with Crippen LogP contribution < -0.4 is 10.2 Å². The average molecular weight is 332 g/mol. The van der Waals surface area contributed by atoms with Gasteiger partial charge in [-0.3, -0.25) is 9.59 Å². The van der Waals surface area contributed by atoms with Crippen LogP contribution in [0.2, 0.25) is 0 Å². The normalized spacial score (nSPS) is 15.2. The molecule has 1 saturated heterocycles. The van der Waals surface area contributed by atoms with E-state index in [0.29, 0.717) is 18.5 Å². The molecular weight excluding hydrogens is 308 g/mol. The van der Waals surface area contributed by atoms with E-state index < -0.39 is 5.97 Å². The molecule has 1 N–H and O–H groups in total. The summed E-state index contributed by atoms with van der Waals surface area (Å²) in [7, 11) is 0. The molecule has 0 aromatic heterocycles. The van der Waals surface area contributed by atoms with Gasteiger partial charge in [-0.2, -0.15) is 0 Å². The van der Waals surface area contributed by atoms with Crippen molar-refractivity contribution in [3.8, 4) is 0 Å². The number of ether oxygens (including phenoxy) is 1. The lowest BCUT2D eigenvalue weighted by Crippen LogP contribution is -2.35. The predicted molar refractivity (Wildman–Crippen MR) is 90.8 cm³/mol. The molecule has 1 aromatic rings. The van der Waals surface area contributed by atoms with E-state index in [1.807, 2.05) is 13.8 Å². The van der Waals surface area contributed by atoms with Crippen molar-refractivity contribution < 1.29 is 19.1 Å². The highest BCUT2D eigenvalue weighted by molar-refractivity contribution is 5.96. The topological polar surface area (TPSA) is 75.7 Å². The van der Waals surface area contributed by atoms with E-state index in [2.05, 4.69) is 5.32 Å². The molecule has 1 aliphatic heterocycles. The molecule has 1 fully saturated rings. The van der Waals surface area contributed by atoms with Crippen molar-refractivity contribution in [3.63, 3.8) is 0 Å². The van der Waals surface area contributed by atoms with Gasteiger partial charge in [0, 0.05) is 24.7 Å². The van der Waals surface area contributed by atoms with Crippen LogP contribution in [-0.2, 0) is 14.3 Å². The molecule has 24 heavy (non-hydrogen) atoms. The van der Waals surface area contributed by atoms with Crippen LogP contribution in [0.5, 0.6) is 0 Å². The van der Waals surface area contributed by atoms with Gasteiger partial charge < -0.3 is 15.0 Å². The minimum Gasteiger partial charge on any atom is -0.452 e. The number of carbonyl (C=O) groups excluding carboxylic acids is 3. The van der Waals surface area contributed by atoms with Crippen LogP contribution in [0.3, 0.4) is 0 Å². The van der Waals surface area contributed by atoms with Gasteiger partial charge in [-0.15, -0.1) is 0 Å². The van der Waals surface area contributed by atoms with Crippen LogP contribution in [0.25, 0.3) is 0 Å². The first-order chi connectivity index (χ1) is 11.5. The van der Waals surface area contributed by atoms with Crippen LogP contribution in [0, 0.1) is 0 Å². The Morgan fingerprint density at radius 1 is 1.29 bits per heavy atom. The number of esters is 1. The summed E-state index contributed by atoms with van der Waals surface area (Å²) < 4.78 is 5.02. The van der Waals surface area contributed by atoms with Gasteiger partial charge >= 0.3 is 5.97 Å². The van der Waals surface area contributed by atoms with Gasteiger partial charge in [-0.25, -0.2) is 4.79 Å². The minimum absolute atomic E-state index is 0.0680. The van der Waals surface area contributed by atoms with E-state index in [4.69, 9.17) is 4.74 Å². The number of carbonyl (C=O) groups is 3. The van der Waals surface area contributed by atoms with Crippen molar-refractivity contribution in [3.05, 3.63) is 29.8 Å². The van der Waals surface area contributed by atoms with Gasteiger partial charge in [-0.1, -0.05) is 13.3 Å². The Bertz CT molecular complexity index is 598. The van der Waals surface area contributed by atoms with E-state index >= 15 is 0 Å². The highest BCUT2D eigenvalue weighted by Crippen LogP contribution is 2.21. The number of hydrogen-bond donors (Lipinski definition) is 1.